The van der Waals surface area contributed by atoms with E-state index in [1.54, 1.807) is 0 Å². The summed E-state index contributed by atoms with van der Waals surface area (Å²) >= 11 is 0. The Bertz CT molecular complexity index is 203. The van der Waals surface area contributed by atoms with Crippen molar-refractivity contribution in [2.45, 2.75) is 25.9 Å². The quantitative estimate of drug-likeness (QED) is 0.587. The van der Waals surface area contributed by atoms with Crippen LogP contribution in [0.25, 0.3) is 0 Å². The van der Waals surface area contributed by atoms with E-state index in [0.29, 0.717) is 6.10 Å². The zero-order valence-corrected chi connectivity index (χ0v) is 6.92. The minimum Gasteiger partial charge on any atom is -0.377 e. The summed E-state index contributed by atoms with van der Waals surface area (Å²) in [7, 11) is 0. The van der Waals surface area contributed by atoms with Gasteiger partial charge < -0.3 is 4.74 Å². The van der Waals surface area contributed by atoms with E-state index in [1.807, 2.05) is 0 Å². The fraction of sp³-hybridized carbons (Fsp3) is 0.600. The van der Waals surface area contributed by atoms with Crippen molar-refractivity contribution in [3.05, 3.63) is 23.8 Å². The monoisotopic (exact) mass is 150 g/mol. The minimum atomic E-state index is 0.515. The van der Waals surface area contributed by atoms with Crippen LogP contribution in [0.5, 0.6) is 0 Å². The Hall–Kier alpha value is -0.560. The van der Waals surface area contributed by atoms with Crippen LogP contribution in [0.3, 0.4) is 0 Å². The van der Waals surface area contributed by atoms with Crippen molar-refractivity contribution in [2.24, 2.45) is 5.92 Å². The number of hydrogen-bond acceptors (Lipinski definition) is 1. The lowest BCUT2D eigenvalue weighted by Gasteiger charge is -2.34. The molecule has 2 aliphatic rings. The summed E-state index contributed by atoms with van der Waals surface area (Å²) in [6, 6.07) is 0. The number of ether oxygens (including phenoxy) is 1. The van der Waals surface area contributed by atoms with Gasteiger partial charge in [-0.15, -0.1) is 0 Å². The van der Waals surface area contributed by atoms with E-state index in [1.165, 1.54) is 5.57 Å². The molecule has 2 rings (SSSR count). The zero-order valence-electron chi connectivity index (χ0n) is 6.92. The normalized spacial score (nSPS) is 35.2. The Balaban J connectivity index is 1.82. The van der Waals surface area contributed by atoms with E-state index >= 15 is 0 Å². The molecule has 1 heterocycles. The summed E-state index contributed by atoms with van der Waals surface area (Å²) in [6.45, 7) is 3.22. The molecule has 1 saturated heterocycles. The van der Waals surface area contributed by atoms with Crippen LogP contribution in [0.1, 0.15) is 19.8 Å². The lowest BCUT2D eigenvalue weighted by atomic mass is 9.93. The first kappa shape index (κ1) is 7.11. The third-order valence-electron chi connectivity index (χ3n) is 2.52. The Morgan fingerprint density at radius 1 is 1.64 bits per heavy atom. The van der Waals surface area contributed by atoms with E-state index in [0.717, 1.165) is 25.4 Å². The van der Waals surface area contributed by atoms with Gasteiger partial charge in [-0.05, 0) is 12.8 Å². The third-order valence-corrected chi connectivity index (χ3v) is 2.52. The van der Waals surface area contributed by atoms with Crippen molar-refractivity contribution in [1.29, 1.82) is 0 Å². The summed E-state index contributed by atoms with van der Waals surface area (Å²) in [4.78, 5) is 0. The molecule has 0 aromatic rings. The van der Waals surface area contributed by atoms with Crippen LogP contribution in [-0.2, 0) is 4.74 Å². The van der Waals surface area contributed by atoms with Crippen molar-refractivity contribution in [3.8, 4) is 0 Å². The molecule has 1 heteroatoms. The minimum absolute atomic E-state index is 0.515. The molecule has 0 saturated carbocycles. The average Bonchev–Trinajstić information content (AvgIpc) is 2.49. The molecular formula is C10H14O. The van der Waals surface area contributed by atoms with Gasteiger partial charge in [0.1, 0.15) is 0 Å². The van der Waals surface area contributed by atoms with Crippen LogP contribution in [0.15, 0.2) is 23.8 Å². The van der Waals surface area contributed by atoms with Gasteiger partial charge in [-0.3, -0.25) is 0 Å². The van der Waals surface area contributed by atoms with Crippen LogP contribution in [0.4, 0.5) is 0 Å². The van der Waals surface area contributed by atoms with Crippen LogP contribution < -0.4 is 0 Å². The second-order valence-corrected chi connectivity index (χ2v) is 3.51. The smallest absolute Gasteiger partial charge is 0.0660 e. The summed E-state index contributed by atoms with van der Waals surface area (Å²) in [6.07, 6.45) is 9.37. The van der Waals surface area contributed by atoms with Crippen LogP contribution in [-0.4, -0.2) is 12.7 Å². The number of allylic oxidation sites excluding steroid dienone is 3. The summed E-state index contributed by atoms with van der Waals surface area (Å²) < 4.78 is 5.44. The molecule has 0 aromatic carbocycles. The standard InChI is InChI=1S/C10H14O/c1-8-7-11-10(8)6-9-4-2-3-5-9/h2-4,8,10H,5-7H2,1H3. The largest absolute Gasteiger partial charge is 0.377 e. The number of rotatable bonds is 2. The fourth-order valence-corrected chi connectivity index (χ4v) is 1.59. The average molecular weight is 150 g/mol. The molecule has 0 bridgehead atoms. The number of hydrogen-bond donors (Lipinski definition) is 0. The molecule has 1 aliphatic carbocycles. The Morgan fingerprint density at radius 3 is 3.00 bits per heavy atom. The molecule has 11 heavy (non-hydrogen) atoms. The molecule has 2 atom stereocenters. The predicted octanol–water partition coefficient (Wildman–Crippen LogP) is 2.30. The molecule has 0 spiro atoms. The van der Waals surface area contributed by atoms with Gasteiger partial charge in [-0.2, -0.15) is 0 Å². The van der Waals surface area contributed by atoms with Gasteiger partial charge in [0.2, 0.25) is 0 Å². The van der Waals surface area contributed by atoms with Crippen LogP contribution >= 0.6 is 0 Å². The lowest BCUT2D eigenvalue weighted by molar-refractivity contribution is -0.104. The molecule has 0 radical (unpaired) electrons. The van der Waals surface area contributed by atoms with Crippen LogP contribution in [0, 0.1) is 5.92 Å². The first-order chi connectivity index (χ1) is 5.36. The van der Waals surface area contributed by atoms with Gasteiger partial charge in [-0.1, -0.05) is 30.7 Å². The highest BCUT2D eigenvalue weighted by molar-refractivity contribution is 5.23. The van der Waals surface area contributed by atoms with E-state index in [9.17, 15) is 0 Å². The van der Waals surface area contributed by atoms with E-state index < -0.39 is 0 Å². The molecule has 60 valence electrons. The molecule has 1 aliphatic heterocycles. The Labute approximate surface area is 67.7 Å². The second-order valence-electron chi connectivity index (χ2n) is 3.51. The topological polar surface area (TPSA) is 9.23 Å². The molecule has 0 amide bonds. The molecule has 0 N–H and O–H groups in total. The van der Waals surface area contributed by atoms with Gasteiger partial charge in [-0.25, -0.2) is 0 Å². The highest BCUT2D eigenvalue weighted by Crippen LogP contribution is 2.28. The summed E-state index contributed by atoms with van der Waals surface area (Å²) in [5.74, 6) is 0.775. The Morgan fingerprint density at radius 2 is 2.55 bits per heavy atom. The lowest BCUT2D eigenvalue weighted by Crippen LogP contribution is -2.37. The van der Waals surface area contributed by atoms with Crippen molar-refractivity contribution >= 4 is 0 Å². The maximum absolute atomic E-state index is 5.44. The molecule has 1 nitrogen and oxygen atoms in total. The van der Waals surface area contributed by atoms with E-state index in [4.69, 9.17) is 4.74 Å². The van der Waals surface area contributed by atoms with Gasteiger partial charge in [0.25, 0.3) is 0 Å². The fourth-order valence-electron chi connectivity index (χ4n) is 1.59. The van der Waals surface area contributed by atoms with E-state index in [2.05, 4.69) is 25.2 Å². The van der Waals surface area contributed by atoms with Gasteiger partial charge in [0, 0.05) is 5.92 Å². The highest BCUT2D eigenvalue weighted by atomic mass is 16.5. The van der Waals surface area contributed by atoms with Gasteiger partial charge in [0.15, 0.2) is 0 Å². The zero-order chi connectivity index (χ0) is 7.68. The van der Waals surface area contributed by atoms with Crippen molar-refractivity contribution in [2.75, 3.05) is 6.61 Å². The summed E-state index contributed by atoms with van der Waals surface area (Å²) in [5.41, 5.74) is 1.53. The maximum atomic E-state index is 5.44. The molecule has 0 aromatic heterocycles. The van der Waals surface area contributed by atoms with Crippen molar-refractivity contribution < 1.29 is 4.74 Å². The maximum Gasteiger partial charge on any atom is 0.0660 e. The van der Waals surface area contributed by atoms with Gasteiger partial charge in [0.05, 0.1) is 12.7 Å². The highest BCUT2D eigenvalue weighted by Gasteiger charge is 2.28. The summed E-state index contributed by atoms with van der Waals surface area (Å²) in [5, 5.41) is 0. The van der Waals surface area contributed by atoms with E-state index in [-0.39, 0.29) is 0 Å². The molecule has 1 fully saturated rings. The SMILES string of the molecule is CC1COC1CC1=CC=CC1. The molecule has 2 unspecified atom stereocenters. The second kappa shape index (κ2) is 2.82. The predicted molar refractivity (Wildman–Crippen MR) is 45.4 cm³/mol. The first-order valence-corrected chi connectivity index (χ1v) is 4.32. The molecular weight excluding hydrogens is 136 g/mol. The van der Waals surface area contributed by atoms with Crippen molar-refractivity contribution in [3.63, 3.8) is 0 Å². The Kier molecular flexibility index (Phi) is 1.82. The van der Waals surface area contributed by atoms with Crippen molar-refractivity contribution in [1.82, 2.24) is 0 Å². The third kappa shape index (κ3) is 1.38. The van der Waals surface area contributed by atoms with Crippen LogP contribution in [0.2, 0.25) is 0 Å². The van der Waals surface area contributed by atoms with Gasteiger partial charge >= 0.3 is 0 Å². The first-order valence-electron chi connectivity index (χ1n) is 4.32.